The van der Waals surface area contributed by atoms with Gasteiger partial charge >= 0.3 is 0 Å². The van der Waals surface area contributed by atoms with Crippen molar-refractivity contribution in [1.29, 1.82) is 0 Å². The Bertz CT molecular complexity index is 597. The number of likely N-dealkylation sites (N-methyl/N-ethyl adjacent to an activating group) is 1. The maximum absolute atomic E-state index is 5.55. The van der Waals surface area contributed by atoms with Gasteiger partial charge in [0.2, 0.25) is 0 Å². The van der Waals surface area contributed by atoms with Crippen molar-refractivity contribution >= 4 is 16.9 Å². The van der Waals surface area contributed by atoms with Crippen molar-refractivity contribution in [3.05, 3.63) is 12.0 Å². The Morgan fingerprint density at radius 2 is 2.24 bits per heavy atom. The molecule has 0 aromatic carbocycles. The topological polar surface area (TPSA) is 94.1 Å². The Labute approximate surface area is 124 Å². The minimum absolute atomic E-state index is 0.292. The highest BCUT2D eigenvalue weighted by molar-refractivity contribution is 5.86. The number of aryl methyl sites for hydroxylation is 1. The summed E-state index contributed by atoms with van der Waals surface area (Å²) in [7, 11) is 3.56. The van der Waals surface area contributed by atoms with Crippen LogP contribution in [-0.2, 0) is 18.3 Å². The molecule has 0 aliphatic heterocycles. The molecule has 3 N–H and O–H groups in total. The van der Waals surface area contributed by atoms with Crippen LogP contribution in [0.15, 0.2) is 6.20 Å². The second-order valence-electron chi connectivity index (χ2n) is 5.01. The molecule has 0 fully saturated rings. The van der Waals surface area contributed by atoms with Gasteiger partial charge in [0.05, 0.1) is 24.7 Å². The van der Waals surface area contributed by atoms with Crippen LogP contribution in [0.1, 0.15) is 19.7 Å². The molecule has 0 bridgehead atoms. The summed E-state index contributed by atoms with van der Waals surface area (Å²) in [4.78, 5) is 11.3. The average Bonchev–Trinajstić information content (AvgIpc) is 2.85. The minimum atomic E-state index is 0.292. The molecule has 0 saturated carbocycles. The van der Waals surface area contributed by atoms with Gasteiger partial charge in [0.15, 0.2) is 11.5 Å². The highest BCUT2D eigenvalue weighted by atomic mass is 16.5. The maximum Gasteiger partial charge on any atom is 0.163 e. The molecule has 21 heavy (non-hydrogen) atoms. The highest BCUT2D eigenvalue weighted by Gasteiger charge is 2.16. The molecule has 8 nitrogen and oxygen atoms in total. The van der Waals surface area contributed by atoms with Gasteiger partial charge in [0, 0.05) is 20.2 Å². The van der Waals surface area contributed by atoms with Crippen molar-refractivity contribution in [3.63, 3.8) is 0 Å². The molecule has 0 aliphatic rings. The number of nitrogens with one attached hydrogen (secondary N) is 1. The van der Waals surface area contributed by atoms with E-state index in [1.807, 2.05) is 7.05 Å². The number of methoxy groups -OCH3 is 1. The molecule has 2 aromatic rings. The molecule has 0 amide bonds. The summed E-state index contributed by atoms with van der Waals surface area (Å²) in [6.07, 6.45) is 1.71. The van der Waals surface area contributed by atoms with E-state index in [4.69, 9.17) is 10.6 Å². The zero-order valence-electron chi connectivity index (χ0n) is 13.0. The fourth-order valence-corrected chi connectivity index (χ4v) is 2.36. The molecule has 0 saturated heterocycles. The lowest BCUT2D eigenvalue weighted by Crippen LogP contribution is -2.36. The van der Waals surface area contributed by atoms with Crippen molar-refractivity contribution in [2.24, 2.45) is 12.9 Å². The fraction of sp³-hybridized carbons (Fsp3) is 0.615. The van der Waals surface area contributed by atoms with E-state index < -0.39 is 0 Å². The zero-order valence-corrected chi connectivity index (χ0v) is 13.0. The lowest BCUT2D eigenvalue weighted by molar-refractivity contribution is 0.0966. The number of fused-ring (bicyclic) bond motifs is 1. The van der Waals surface area contributed by atoms with Gasteiger partial charge in [-0.05, 0) is 13.5 Å². The molecule has 0 spiro atoms. The third kappa shape index (κ3) is 3.29. The largest absolute Gasteiger partial charge is 0.383 e. The average molecular weight is 293 g/mol. The molecular formula is C13H23N7O. The van der Waals surface area contributed by atoms with E-state index >= 15 is 0 Å². The number of hydrogen-bond acceptors (Lipinski definition) is 7. The number of nitrogens with two attached hydrogens (primary N) is 1. The maximum atomic E-state index is 5.55. The second kappa shape index (κ2) is 6.79. The van der Waals surface area contributed by atoms with Crippen LogP contribution in [0.3, 0.4) is 0 Å². The smallest absolute Gasteiger partial charge is 0.163 e. The second-order valence-corrected chi connectivity index (χ2v) is 5.01. The first-order valence-electron chi connectivity index (χ1n) is 6.98. The number of ether oxygens (including phenoxy) is 1. The van der Waals surface area contributed by atoms with Crippen molar-refractivity contribution in [1.82, 2.24) is 24.6 Å². The number of hydrogen-bond donors (Lipinski definition) is 2. The first-order valence-corrected chi connectivity index (χ1v) is 6.98. The quantitative estimate of drug-likeness (QED) is 0.567. The Morgan fingerprint density at radius 3 is 2.86 bits per heavy atom. The van der Waals surface area contributed by atoms with Crippen molar-refractivity contribution < 1.29 is 4.74 Å². The van der Waals surface area contributed by atoms with Crippen molar-refractivity contribution in [2.45, 2.75) is 26.4 Å². The van der Waals surface area contributed by atoms with Gasteiger partial charge in [-0.3, -0.25) is 9.58 Å². The lowest BCUT2D eigenvalue weighted by Gasteiger charge is -2.26. The number of nitrogen functional groups attached to an aromatic ring is 1. The van der Waals surface area contributed by atoms with Gasteiger partial charge in [-0.2, -0.15) is 5.10 Å². The van der Waals surface area contributed by atoms with Gasteiger partial charge in [-0.15, -0.1) is 0 Å². The first-order chi connectivity index (χ1) is 10.1. The van der Waals surface area contributed by atoms with E-state index in [1.165, 1.54) is 0 Å². The highest BCUT2D eigenvalue weighted by Crippen LogP contribution is 2.19. The molecular weight excluding hydrogens is 270 g/mol. The van der Waals surface area contributed by atoms with Crippen LogP contribution in [0, 0.1) is 0 Å². The van der Waals surface area contributed by atoms with Crippen molar-refractivity contribution in [3.8, 4) is 0 Å². The number of hydrazine groups is 1. The van der Waals surface area contributed by atoms with Crippen LogP contribution < -0.4 is 11.3 Å². The molecule has 8 heteroatoms. The van der Waals surface area contributed by atoms with Crippen LogP contribution in [0.25, 0.3) is 11.0 Å². The lowest BCUT2D eigenvalue weighted by atomic mass is 10.3. The summed E-state index contributed by atoms with van der Waals surface area (Å²) in [6, 6.07) is 0.292. The predicted molar refractivity (Wildman–Crippen MR) is 81.5 cm³/mol. The van der Waals surface area contributed by atoms with Gasteiger partial charge in [0.25, 0.3) is 0 Å². The molecule has 0 aliphatic carbocycles. The van der Waals surface area contributed by atoms with E-state index in [0.29, 0.717) is 30.8 Å². The Kier molecular flexibility index (Phi) is 5.05. The van der Waals surface area contributed by atoms with Crippen LogP contribution in [0.2, 0.25) is 0 Å². The molecule has 0 radical (unpaired) electrons. The summed E-state index contributed by atoms with van der Waals surface area (Å²) in [5.41, 5.74) is 3.39. The molecule has 116 valence electrons. The van der Waals surface area contributed by atoms with Gasteiger partial charge in [0.1, 0.15) is 5.82 Å². The van der Waals surface area contributed by atoms with E-state index in [2.05, 4.69) is 39.2 Å². The minimum Gasteiger partial charge on any atom is -0.383 e. The standard InChI is InChI=1S/C13H23N7O/c1-5-20(9(2)8-21-4)7-11-16-12(18-14)10-6-15-19(3)13(10)17-11/h6,9H,5,7-8,14H2,1-4H3,(H,16,17,18). The van der Waals surface area contributed by atoms with Gasteiger partial charge in [-0.1, -0.05) is 6.92 Å². The Balaban J connectivity index is 2.30. The number of anilines is 1. The number of aromatic nitrogens is 4. The van der Waals surface area contributed by atoms with Crippen LogP contribution in [0.4, 0.5) is 5.82 Å². The molecule has 2 heterocycles. The van der Waals surface area contributed by atoms with Crippen LogP contribution >= 0.6 is 0 Å². The van der Waals surface area contributed by atoms with E-state index in [9.17, 15) is 0 Å². The van der Waals surface area contributed by atoms with E-state index in [0.717, 1.165) is 17.6 Å². The van der Waals surface area contributed by atoms with Gasteiger partial charge < -0.3 is 10.2 Å². The predicted octanol–water partition coefficient (Wildman–Crippen LogP) is 0.506. The van der Waals surface area contributed by atoms with E-state index in [-0.39, 0.29) is 0 Å². The fourth-order valence-electron chi connectivity index (χ4n) is 2.36. The van der Waals surface area contributed by atoms with Crippen molar-refractivity contribution in [2.75, 3.05) is 25.7 Å². The summed E-state index contributed by atoms with van der Waals surface area (Å²) in [5, 5.41) is 5.01. The summed E-state index contributed by atoms with van der Waals surface area (Å²) in [5.74, 6) is 6.86. The van der Waals surface area contributed by atoms with Crippen LogP contribution in [-0.4, -0.2) is 51.0 Å². The Hall–Kier alpha value is -1.77. The van der Waals surface area contributed by atoms with E-state index in [1.54, 1.807) is 18.0 Å². The SMILES string of the molecule is CCN(Cc1nc(NN)c2cnn(C)c2n1)C(C)COC. The Morgan fingerprint density at radius 1 is 1.48 bits per heavy atom. The molecule has 1 unspecified atom stereocenters. The third-order valence-corrected chi connectivity index (χ3v) is 3.56. The number of nitrogens with zero attached hydrogens (tertiary/aromatic N) is 5. The molecule has 2 rings (SSSR count). The molecule has 2 aromatic heterocycles. The molecule has 1 atom stereocenters. The van der Waals surface area contributed by atoms with Crippen LogP contribution in [0.5, 0.6) is 0 Å². The summed E-state index contributed by atoms with van der Waals surface area (Å²) < 4.78 is 6.94. The number of rotatable bonds is 7. The normalized spacial score (nSPS) is 13.0. The summed E-state index contributed by atoms with van der Waals surface area (Å²) in [6.45, 7) is 6.43. The first kappa shape index (κ1) is 15.6. The monoisotopic (exact) mass is 293 g/mol. The summed E-state index contributed by atoms with van der Waals surface area (Å²) >= 11 is 0. The third-order valence-electron chi connectivity index (χ3n) is 3.56. The van der Waals surface area contributed by atoms with Gasteiger partial charge in [-0.25, -0.2) is 15.8 Å². The zero-order chi connectivity index (χ0) is 15.4.